The summed E-state index contributed by atoms with van der Waals surface area (Å²) in [7, 11) is 1.57. The van der Waals surface area contributed by atoms with Crippen LogP contribution in [-0.2, 0) is 9.53 Å². The van der Waals surface area contributed by atoms with Crippen molar-refractivity contribution in [2.45, 2.75) is 20.0 Å². The molecule has 2 rings (SSSR count). The molecule has 20 heavy (non-hydrogen) atoms. The van der Waals surface area contributed by atoms with Gasteiger partial charge in [-0.3, -0.25) is 4.79 Å². The number of nitrogens with one attached hydrogen (secondary N) is 1. The highest BCUT2D eigenvalue weighted by Crippen LogP contribution is 2.28. The molecule has 0 spiro atoms. The van der Waals surface area contributed by atoms with Crippen molar-refractivity contribution < 1.29 is 14.3 Å². The standard InChI is InChI=1S/C15H18N2O3/c1-10(2)20-9-14(18)17-13-6-4-5-12-11(13)7-8-16-15(12)19-3/h4-8,10H,9H2,1-3H3,(H,17,18). The first-order valence-corrected chi connectivity index (χ1v) is 6.45. The second-order valence-corrected chi connectivity index (χ2v) is 4.63. The monoisotopic (exact) mass is 274 g/mol. The van der Waals surface area contributed by atoms with Crippen molar-refractivity contribution in [3.63, 3.8) is 0 Å². The molecule has 5 nitrogen and oxygen atoms in total. The topological polar surface area (TPSA) is 60.5 Å². The number of rotatable bonds is 5. The van der Waals surface area contributed by atoms with E-state index in [0.717, 1.165) is 16.5 Å². The number of anilines is 1. The van der Waals surface area contributed by atoms with Crippen LogP contribution < -0.4 is 10.1 Å². The first kappa shape index (κ1) is 14.3. The molecule has 2 aromatic rings. The lowest BCUT2D eigenvalue weighted by atomic mass is 10.1. The molecule has 1 aromatic carbocycles. The Labute approximate surface area is 117 Å². The molecule has 1 heterocycles. The molecule has 0 aliphatic carbocycles. The molecule has 106 valence electrons. The number of hydrogen-bond donors (Lipinski definition) is 1. The smallest absolute Gasteiger partial charge is 0.250 e. The van der Waals surface area contributed by atoms with Gasteiger partial charge in [0, 0.05) is 22.7 Å². The highest BCUT2D eigenvalue weighted by Gasteiger charge is 2.09. The van der Waals surface area contributed by atoms with Crippen LogP contribution in [0.5, 0.6) is 5.88 Å². The number of carbonyl (C=O) groups excluding carboxylic acids is 1. The van der Waals surface area contributed by atoms with Crippen LogP contribution in [-0.4, -0.2) is 30.7 Å². The lowest BCUT2D eigenvalue weighted by molar-refractivity contribution is -0.121. The maximum atomic E-state index is 11.8. The van der Waals surface area contributed by atoms with Crippen LogP contribution in [0, 0.1) is 0 Å². The molecule has 5 heteroatoms. The third-order valence-electron chi connectivity index (χ3n) is 2.78. The Kier molecular flexibility index (Phi) is 4.53. The van der Waals surface area contributed by atoms with E-state index in [1.54, 1.807) is 13.3 Å². The summed E-state index contributed by atoms with van der Waals surface area (Å²) in [6, 6.07) is 7.44. The van der Waals surface area contributed by atoms with Gasteiger partial charge in [-0.2, -0.15) is 0 Å². The van der Waals surface area contributed by atoms with Crippen molar-refractivity contribution in [3.8, 4) is 5.88 Å². The van der Waals surface area contributed by atoms with Crippen molar-refractivity contribution in [2.75, 3.05) is 19.0 Å². The number of pyridine rings is 1. The van der Waals surface area contributed by atoms with E-state index in [-0.39, 0.29) is 18.6 Å². The molecule has 0 atom stereocenters. The Morgan fingerprint density at radius 2 is 2.10 bits per heavy atom. The fourth-order valence-electron chi connectivity index (χ4n) is 1.88. The van der Waals surface area contributed by atoms with Gasteiger partial charge in [0.15, 0.2) is 0 Å². The molecule has 1 amide bonds. The van der Waals surface area contributed by atoms with Gasteiger partial charge in [-0.05, 0) is 32.0 Å². The Hall–Kier alpha value is -2.14. The molecule has 0 aliphatic heterocycles. The van der Waals surface area contributed by atoms with Gasteiger partial charge in [-0.1, -0.05) is 6.07 Å². The fourth-order valence-corrected chi connectivity index (χ4v) is 1.88. The van der Waals surface area contributed by atoms with E-state index < -0.39 is 0 Å². The summed E-state index contributed by atoms with van der Waals surface area (Å²) in [5, 5.41) is 4.59. The maximum absolute atomic E-state index is 11.8. The van der Waals surface area contributed by atoms with E-state index in [9.17, 15) is 4.79 Å². The van der Waals surface area contributed by atoms with E-state index in [0.29, 0.717) is 5.88 Å². The highest BCUT2D eigenvalue weighted by atomic mass is 16.5. The molecule has 0 bridgehead atoms. The number of benzene rings is 1. The minimum absolute atomic E-state index is 0.0255. The van der Waals surface area contributed by atoms with Crippen LogP contribution in [0.1, 0.15) is 13.8 Å². The van der Waals surface area contributed by atoms with Gasteiger partial charge in [0.05, 0.1) is 13.2 Å². The van der Waals surface area contributed by atoms with Crippen LogP contribution in [0.3, 0.4) is 0 Å². The molecule has 0 saturated carbocycles. The van der Waals surface area contributed by atoms with Gasteiger partial charge < -0.3 is 14.8 Å². The molecule has 1 aromatic heterocycles. The number of amides is 1. The summed E-state index contributed by atoms with van der Waals surface area (Å²) in [6.45, 7) is 3.82. The number of nitrogens with zero attached hydrogens (tertiary/aromatic N) is 1. The fraction of sp³-hybridized carbons (Fsp3) is 0.333. The van der Waals surface area contributed by atoms with E-state index in [1.807, 2.05) is 38.1 Å². The highest BCUT2D eigenvalue weighted by molar-refractivity contribution is 6.03. The SMILES string of the molecule is COc1nccc2c(NC(=O)COC(C)C)cccc12. The summed E-state index contributed by atoms with van der Waals surface area (Å²) < 4.78 is 10.5. The molecule has 0 unspecified atom stereocenters. The van der Waals surface area contributed by atoms with E-state index in [4.69, 9.17) is 9.47 Å². The predicted octanol–water partition coefficient (Wildman–Crippen LogP) is 2.61. The summed E-state index contributed by atoms with van der Waals surface area (Å²) in [4.78, 5) is 16.0. The van der Waals surface area contributed by atoms with Crippen LogP contribution in [0.25, 0.3) is 10.8 Å². The number of aromatic nitrogens is 1. The van der Waals surface area contributed by atoms with Gasteiger partial charge in [0.25, 0.3) is 0 Å². The van der Waals surface area contributed by atoms with Gasteiger partial charge in [-0.25, -0.2) is 4.98 Å². The largest absolute Gasteiger partial charge is 0.481 e. The van der Waals surface area contributed by atoms with Gasteiger partial charge in [0.1, 0.15) is 6.61 Å². The van der Waals surface area contributed by atoms with Crippen LogP contribution in [0.2, 0.25) is 0 Å². The van der Waals surface area contributed by atoms with Gasteiger partial charge >= 0.3 is 0 Å². The third kappa shape index (κ3) is 3.24. The van der Waals surface area contributed by atoms with Crippen LogP contribution in [0.4, 0.5) is 5.69 Å². The molecule has 0 radical (unpaired) electrons. The average Bonchev–Trinajstić information content (AvgIpc) is 2.45. The van der Waals surface area contributed by atoms with Gasteiger partial charge in [-0.15, -0.1) is 0 Å². The second kappa shape index (κ2) is 6.34. The van der Waals surface area contributed by atoms with Crippen LogP contribution >= 0.6 is 0 Å². The molecular formula is C15H18N2O3. The summed E-state index contributed by atoms with van der Waals surface area (Å²) in [5.41, 5.74) is 0.723. The first-order chi connectivity index (χ1) is 9.61. The van der Waals surface area contributed by atoms with Crippen molar-refractivity contribution >= 4 is 22.4 Å². The van der Waals surface area contributed by atoms with Crippen molar-refractivity contribution in [1.82, 2.24) is 4.98 Å². The van der Waals surface area contributed by atoms with Crippen molar-refractivity contribution in [2.24, 2.45) is 0 Å². The quantitative estimate of drug-likeness (QED) is 0.910. The summed E-state index contributed by atoms with van der Waals surface area (Å²) in [6.07, 6.45) is 1.68. The Morgan fingerprint density at radius 3 is 2.80 bits per heavy atom. The molecular weight excluding hydrogens is 256 g/mol. The zero-order chi connectivity index (χ0) is 14.5. The summed E-state index contributed by atoms with van der Waals surface area (Å²) >= 11 is 0. The normalized spacial score (nSPS) is 10.8. The van der Waals surface area contributed by atoms with Crippen molar-refractivity contribution in [3.05, 3.63) is 30.5 Å². The van der Waals surface area contributed by atoms with E-state index >= 15 is 0 Å². The van der Waals surface area contributed by atoms with E-state index in [1.165, 1.54) is 0 Å². The Balaban J connectivity index is 2.24. The third-order valence-corrected chi connectivity index (χ3v) is 2.78. The lowest BCUT2D eigenvalue weighted by Crippen LogP contribution is -2.20. The summed E-state index contributed by atoms with van der Waals surface area (Å²) in [5.74, 6) is 0.360. The average molecular weight is 274 g/mol. The number of methoxy groups -OCH3 is 1. The first-order valence-electron chi connectivity index (χ1n) is 6.45. The Bertz CT molecular complexity index is 611. The predicted molar refractivity (Wildman–Crippen MR) is 78.0 cm³/mol. The minimum atomic E-state index is -0.179. The molecule has 0 saturated heterocycles. The minimum Gasteiger partial charge on any atom is -0.481 e. The molecule has 0 fully saturated rings. The second-order valence-electron chi connectivity index (χ2n) is 4.63. The maximum Gasteiger partial charge on any atom is 0.250 e. The van der Waals surface area contributed by atoms with Crippen LogP contribution in [0.15, 0.2) is 30.5 Å². The lowest BCUT2D eigenvalue weighted by Gasteiger charge is -2.11. The molecule has 1 N–H and O–H groups in total. The number of fused-ring (bicyclic) bond motifs is 1. The van der Waals surface area contributed by atoms with Gasteiger partial charge in [0.2, 0.25) is 11.8 Å². The zero-order valence-electron chi connectivity index (χ0n) is 11.8. The molecule has 0 aliphatic rings. The number of hydrogen-bond acceptors (Lipinski definition) is 4. The van der Waals surface area contributed by atoms with Crippen molar-refractivity contribution in [1.29, 1.82) is 0 Å². The van der Waals surface area contributed by atoms with E-state index in [2.05, 4.69) is 10.3 Å². The number of ether oxygens (including phenoxy) is 2. The number of carbonyl (C=O) groups is 1. The zero-order valence-corrected chi connectivity index (χ0v) is 11.8. The Morgan fingerprint density at radius 1 is 1.30 bits per heavy atom.